The lowest BCUT2D eigenvalue weighted by Gasteiger charge is -2.26. The topological polar surface area (TPSA) is 37.4 Å². The summed E-state index contributed by atoms with van der Waals surface area (Å²) in [5.41, 5.74) is 1.04. The average molecular weight is 263 g/mol. The van der Waals surface area contributed by atoms with Crippen molar-refractivity contribution in [2.45, 2.75) is 24.2 Å². The van der Waals surface area contributed by atoms with Gasteiger partial charge in [-0.2, -0.15) is 0 Å². The van der Waals surface area contributed by atoms with Crippen LogP contribution in [0, 0.1) is 0 Å². The molecule has 0 atom stereocenters. The average Bonchev–Trinajstić information content (AvgIpc) is 2.40. The molecule has 1 amide bonds. The minimum atomic E-state index is 0.124. The second-order valence-corrected chi connectivity index (χ2v) is 5.32. The molecule has 1 aromatic carbocycles. The Bertz CT molecular complexity index is 432. The molecule has 0 aromatic heterocycles. The third-order valence-electron chi connectivity index (χ3n) is 3.19. The van der Waals surface area contributed by atoms with Crippen LogP contribution in [0.5, 0.6) is 0 Å². The van der Waals surface area contributed by atoms with Gasteiger partial charge in [-0.1, -0.05) is 12.1 Å². The normalized spacial score (nSPS) is 15.8. The van der Waals surface area contributed by atoms with Gasteiger partial charge in [-0.15, -0.1) is 11.8 Å². The fourth-order valence-corrected chi connectivity index (χ4v) is 2.44. The zero-order valence-corrected chi connectivity index (χ0v) is 11.3. The smallest absolute Gasteiger partial charge is 0.227 e. The van der Waals surface area contributed by atoms with Crippen LogP contribution in [-0.4, -0.2) is 35.9 Å². The number of benzene rings is 1. The maximum Gasteiger partial charge on any atom is 0.227 e. The minimum absolute atomic E-state index is 0.124. The van der Waals surface area contributed by atoms with Crippen molar-refractivity contribution in [3.05, 3.63) is 29.8 Å². The van der Waals surface area contributed by atoms with Crippen molar-refractivity contribution in [2.75, 3.05) is 19.3 Å². The number of rotatable bonds is 3. The van der Waals surface area contributed by atoms with Gasteiger partial charge in [0, 0.05) is 30.8 Å². The van der Waals surface area contributed by atoms with Crippen LogP contribution in [0.2, 0.25) is 0 Å². The first kappa shape index (κ1) is 13.1. The Morgan fingerprint density at radius 1 is 1.22 bits per heavy atom. The predicted octanol–water partition coefficient (Wildman–Crippen LogP) is 2.14. The highest BCUT2D eigenvalue weighted by atomic mass is 32.2. The lowest BCUT2D eigenvalue weighted by atomic mass is 10.1. The van der Waals surface area contributed by atoms with Crippen molar-refractivity contribution in [3.8, 4) is 0 Å². The Morgan fingerprint density at radius 2 is 1.83 bits per heavy atom. The monoisotopic (exact) mass is 263 g/mol. The fourth-order valence-electron chi connectivity index (χ4n) is 2.04. The van der Waals surface area contributed by atoms with E-state index in [0.29, 0.717) is 32.4 Å². The molecule has 1 fully saturated rings. The van der Waals surface area contributed by atoms with Crippen LogP contribution in [0.4, 0.5) is 0 Å². The van der Waals surface area contributed by atoms with Gasteiger partial charge in [0.25, 0.3) is 0 Å². The van der Waals surface area contributed by atoms with E-state index in [9.17, 15) is 9.59 Å². The second-order valence-electron chi connectivity index (χ2n) is 4.44. The molecule has 0 spiro atoms. The van der Waals surface area contributed by atoms with Crippen LogP contribution < -0.4 is 0 Å². The third-order valence-corrected chi connectivity index (χ3v) is 3.93. The SMILES string of the molecule is CSc1ccc(CC(=O)N2CCC(=O)CC2)cc1. The third kappa shape index (κ3) is 3.35. The Hall–Kier alpha value is -1.29. The van der Waals surface area contributed by atoms with Crippen LogP contribution in [0.1, 0.15) is 18.4 Å². The molecular formula is C14H17NO2S. The van der Waals surface area contributed by atoms with Gasteiger partial charge in [0.15, 0.2) is 0 Å². The van der Waals surface area contributed by atoms with Crippen LogP contribution in [0.3, 0.4) is 0 Å². The number of hydrogen-bond donors (Lipinski definition) is 0. The van der Waals surface area contributed by atoms with E-state index in [4.69, 9.17) is 0 Å². The largest absolute Gasteiger partial charge is 0.342 e. The molecule has 2 rings (SSSR count). The van der Waals surface area contributed by atoms with Gasteiger partial charge in [-0.25, -0.2) is 0 Å². The molecule has 3 nitrogen and oxygen atoms in total. The van der Waals surface area contributed by atoms with Crippen molar-refractivity contribution >= 4 is 23.5 Å². The maximum atomic E-state index is 12.0. The molecule has 4 heteroatoms. The number of amides is 1. The summed E-state index contributed by atoms with van der Waals surface area (Å²) in [6.07, 6.45) is 3.49. The van der Waals surface area contributed by atoms with Gasteiger partial charge >= 0.3 is 0 Å². The second kappa shape index (κ2) is 6.05. The maximum absolute atomic E-state index is 12.0. The van der Waals surface area contributed by atoms with E-state index in [1.54, 1.807) is 16.7 Å². The summed E-state index contributed by atoms with van der Waals surface area (Å²) < 4.78 is 0. The summed E-state index contributed by atoms with van der Waals surface area (Å²) in [6.45, 7) is 1.17. The van der Waals surface area contributed by atoms with Crippen molar-refractivity contribution in [3.63, 3.8) is 0 Å². The number of likely N-dealkylation sites (tertiary alicyclic amines) is 1. The molecule has 96 valence electrons. The number of Topliss-reactive ketones (excluding diaryl/α,β-unsaturated/α-hetero) is 1. The predicted molar refractivity (Wildman–Crippen MR) is 72.7 cm³/mol. The molecule has 1 saturated heterocycles. The number of ketones is 1. The van der Waals surface area contributed by atoms with E-state index in [1.807, 2.05) is 30.5 Å². The molecule has 0 N–H and O–H groups in total. The molecule has 0 radical (unpaired) electrons. The summed E-state index contributed by atoms with van der Waals surface area (Å²) >= 11 is 1.69. The van der Waals surface area contributed by atoms with E-state index in [1.165, 1.54) is 4.90 Å². The van der Waals surface area contributed by atoms with E-state index in [0.717, 1.165) is 5.56 Å². The number of hydrogen-bond acceptors (Lipinski definition) is 3. The fraction of sp³-hybridized carbons (Fsp3) is 0.429. The Kier molecular flexibility index (Phi) is 4.42. The minimum Gasteiger partial charge on any atom is -0.342 e. The van der Waals surface area contributed by atoms with E-state index in [2.05, 4.69) is 0 Å². The number of nitrogens with zero attached hydrogens (tertiary/aromatic N) is 1. The van der Waals surface area contributed by atoms with Crippen LogP contribution in [-0.2, 0) is 16.0 Å². The molecule has 1 aromatic rings. The van der Waals surface area contributed by atoms with Gasteiger partial charge in [-0.05, 0) is 24.0 Å². The molecule has 0 unspecified atom stereocenters. The zero-order valence-electron chi connectivity index (χ0n) is 10.5. The first-order valence-corrected chi connectivity index (χ1v) is 7.34. The molecular weight excluding hydrogens is 246 g/mol. The Labute approximate surface area is 112 Å². The van der Waals surface area contributed by atoms with Gasteiger partial charge in [0.05, 0.1) is 6.42 Å². The van der Waals surface area contributed by atoms with Crippen molar-refractivity contribution in [1.29, 1.82) is 0 Å². The highest BCUT2D eigenvalue weighted by Crippen LogP contribution is 2.16. The zero-order chi connectivity index (χ0) is 13.0. The summed E-state index contributed by atoms with van der Waals surface area (Å²) in [5, 5.41) is 0. The molecule has 1 heterocycles. The van der Waals surface area contributed by atoms with Crippen molar-refractivity contribution < 1.29 is 9.59 Å². The highest BCUT2D eigenvalue weighted by Gasteiger charge is 2.20. The van der Waals surface area contributed by atoms with Gasteiger partial charge < -0.3 is 4.90 Å². The lowest BCUT2D eigenvalue weighted by Crippen LogP contribution is -2.39. The van der Waals surface area contributed by atoms with Crippen LogP contribution >= 0.6 is 11.8 Å². The van der Waals surface area contributed by atoms with E-state index < -0.39 is 0 Å². The first-order chi connectivity index (χ1) is 8.69. The molecule has 1 aliphatic heterocycles. The van der Waals surface area contributed by atoms with E-state index in [-0.39, 0.29) is 11.7 Å². The molecule has 0 saturated carbocycles. The lowest BCUT2D eigenvalue weighted by molar-refractivity contribution is -0.133. The number of piperidine rings is 1. The summed E-state index contributed by atoms with van der Waals surface area (Å²) in [7, 11) is 0. The van der Waals surface area contributed by atoms with Crippen molar-refractivity contribution in [2.24, 2.45) is 0 Å². The van der Waals surface area contributed by atoms with Crippen LogP contribution in [0.15, 0.2) is 29.2 Å². The highest BCUT2D eigenvalue weighted by molar-refractivity contribution is 7.98. The quantitative estimate of drug-likeness (QED) is 0.784. The summed E-state index contributed by atoms with van der Waals surface area (Å²) in [6, 6.07) is 8.07. The molecule has 1 aliphatic rings. The standard InChI is InChI=1S/C14H17NO2S/c1-18-13-4-2-11(3-5-13)10-14(17)15-8-6-12(16)7-9-15/h2-5H,6-10H2,1H3. The summed E-state index contributed by atoms with van der Waals surface area (Å²) in [5.74, 6) is 0.391. The Balaban J connectivity index is 1.92. The number of carbonyl (C=O) groups excluding carboxylic acids is 2. The molecule has 0 bridgehead atoms. The first-order valence-electron chi connectivity index (χ1n) is 6.11. The summed E-state index contributed by atoms with van der Waals surface area (Å²) in [4.78, 5) is 26.2. The molecule has 0 aliphatic carbocycles. The number of carbonyl (C=O) groups is 2. The van der Waals surface area contributed by atoms with E-state index >= 15 is 0 Å². The van der Waals surface area contributed by atoms with Crippen molar-refractivity contribution in [1.82, 2.24) is 4.90 Å². The van der Waals surface area contributed by atoms with Gasteiger partial charge in [0.2, 0.25) is 5.91 Å². The van der Waals surface area contributed by atoms with Crippen LogP contribution in [0.25, 0.3) is 0 Å². The Morgan fingerprint density at radius 3 is 2.39 bits per heavy atom. The molecule has 18 heavy (non-hydrogen) atoms. The van der Waals surface area contributed by atoms with Gasteiger partial charge in [0.1, 0.15) is 5.78 Å². The van der Waals surface area contributed by atoms with Gasteiger partial charge in [-0.3, -0.25) is 9.59 Å². The number of thioether (sulfide) groups is 1.